The van der Waals surface area contributed by atoms with Crippen LogP contribution in [-0.4, -0.2) is 41.1 Å². The van der Waals surface area contributed by atoms with Crippen LogP contribution in [0.2, 0.25) is 0 Å². The van der Waals surface area contributed by atoms with E-state index in [0.29, 0.717) is 12.1 Å². The number of aromatic carboxylic acids is 1. The summed E-state index contributed by atoms with van der Waals surface area (Å²) in [6.07, 6.45) is 3.62. The van der Waals surface area contributed by atoms with Crippen molar-refractivity contribution >= 4 is 23.3 Å². The summed E-state index contributed by atoms with van der Waals surface area (Å²) in [5, 5.41) is 16.4. The topological polar surface area (TPSA) is 72.9 Å². The zero-order chi connectivity index (χ0) is 17.7. The molecule has 0 unspecified atom stereocenters. The molecular formula is C18H27N3O3. The molecule has 1 saturated heterocycles. The highest BCUT2D eigenvalue weighted by Gasteiger charge is 2.26. The van der Waals surface area contributed by atoms with Crippen molar-refractivity contribution in [3.63, 3.8) is 0 Å². The number of nitrogens with zero attached hydrogens (tertiary/aromatic N) is 2. The van der Waals surface area contributed by atoms with Crippen molar-refractivity contribution < 1.29 is 14.7 Å². The van der Waals surface area contributed by atoms with Gasteiger partial charge in [-0.15, -0.1) is 0 Å². The predicted octanol–water partition coefficient (Wildman–Crippen LogP) is 3.35. The second kappa shape index (κ2) is 8.15. The average molecular weight is 333 g/mol. The molecule has 6 heteroatoms. The molecule has 132 valence electrons. The van der Waals surface area contributed by atoms with Crippen LogP contribution < -0.4 is 10.3 Å². The lowest BCUT2D eigenvalue weighted by Gasteiger charge is -2.38. The summed E-state index contributed by atoms with van der Waals surface area (Å²) < 4.78 is 0. The van der Waals surface area contributed by atoms with Gasteiger partial charge >= 0.3 is 5.97 Å². The van der Waals surface area contributed by atoms with Crippen molar-refractivity contribution in [2.24, 2.45) is 0 Å². The molecule has 1 aliphatic rings. The van der Waals surface area contributed by atoms with Crippen LogP contribution in [0.15, 0.2) is 18.2 Å². The maximum atomic E-state index is 12.6. The van der Waals surface area contributed by atoms with E-state index in [2.05, 4.69) is 5.32 Å². The first-order valence-electron chi connectivity index (χ1n) is 8.65. The predicted molar refractivity (Wildman–Crippen MR) is 95.4 cm³/mol. The Kier molecular flexibility index (Phi) is 6.20. The second-order valence-corrected chi connectivity index (χ2v) is 6.41. The Morgan fingerprint density at radius 3 is 2.46 bits per heavy atom. The Balaban J connectivity index is 2.49. The molecule has 6 nitrogen and oxygen atoms in total. The minimum Gasteiger partial charge on any atom is -0.478 e. The van der Waals surface area contributed by atoms with Crippen LogP contribution in [0, 0.1) is 0 Å². The second-order valence-electron chi connectivity index (χ2n) is 6.41. The first kappa shape index (κ1) is 18.3. The van der Waals surface area contributed by atoms with Gasteiger partial charge in [0.25, 0.3) is 0 Å². The van der Waals surface area contributed by atoms with Crippen LogP contribution >= 0.6 is 0 Å². The van der Waals surface area contributed by atoms with Crippen LogP contribution in [0.4, 0.5) is 11.4 Å². The van der Waals surface area contributed by atoms with Gasteiger partial charge in [-0.1, -0.05) is 13.3 Å². The average Bonchev–Trinajstić information content (AvgIpc) is 2.56. The van der Waals surface area contributed by atoms with E-state index in [-0.39, 0.29) is 17.5 Å². The number of hydrogen-bond acceptors (Lipinski definition) is 4. The summed E-state index contributed by atoms with van der Waals surface area (Å²) in [6.45, 7) is 7.48. The SMILES string of the molecule is CCC(=O)N(c1cc(C(=O)O)ccc1NC(C)C)N1CCCCC1. The van der Waals surface area contributed by atoms with Gasteiger partial charge in [0.05, 0.1) is 16.9 Å². The molecule has 0 aromatic heterocycles. The van der Waals surface area contributed by atoms with E-state index in [9.17, 15) is 14.7 Å². The van der Waals surface area contributed by atoms with Gasteiger partial charge in [0.15, 0.2) is 0 Å². The summed E-state index contributed by atoms with van der Waals surface area (Å²) >= 11 is 0. The number of rotatable bonds is 6. The van der Waals surface area contributed by atoms with Gasteiger partial charge < -0.3 is 10.4 Å². The van der Waals surface area contributed by atoms with E-state index in [1.165, 1.54) is 0 Å². The largest absolute Gasteiger partial charge is 0.478 e. The maximum Gasteiger partial charge on any atom is 0.335 e. The molecule has 0 radical (unpaired) electrons. The van der Waals surface area contributed by atoms with Gasteiger partial charge in [0.2, 0.25) is 5.91 Å². The van der Waals surface area contributed by atoms with E-state index in [1.807, 2.05) is 25.8 Å². The lowest BCUT2D eigenvalue weighted by atomic mass is 10.1. The number of nitrogens with one attached hydrogen (secondary N) is 1. The maximum absolute atomic E-state index is 12.6. The number of carboxylic acids is 1. The Hall–Kier alpha value is -2.08. The minimum atomic E-state index is -0.991. The van der Waals surface area contributed by atoms with Gasteiger partial charge in [0.1, 0.15) is 0 Å². The van der Waals surface area contributed by atoms with E-state index < -0.39 is 5.97 Å². The Morgan fingerprint density at radius 2 is 1.92 bits per heavy atom. The van der Waals surface area contributed by atoms with Gasteiger partial charge in [-0.25, -0.2) is 14.8 Å². The Morgan fingerprint density at radius 1 is 1.25 bits per heavy atom. The first-order valence-corrected chi connectivity index (χ1v) is 8.65. The van der Waals surface area contributed by atoms with Crippen molar-refractivity contribution in [3.05, 3.63) is 23.8 Å². The molecule has 0 spiro atoms. The van der Waals surface area contributed by atoms with E-state index in [4.69, 9.17) is 0 Å². The summed E-state index contributed by atoms with van der Waals surface area (Å²) in [6, 6.07) is 5.09. The first-order chi connectivity index (χ1) is 11.4. The van der Waals surface area contributed by atoms with Gasteiger partial charge in [-0.3, -0.25) is 4.79 Å². The number of amides is 1. The third-order valence-electron chi connectivity index (χ3n) is 4.07. The molecule has 0 aliphatic carbocycles. The molecule has 2 rings (SSSR count). The van der Waals surface area contributed by atoms with Gasteiger partial charge in [-0.2, -0.15) is 0 Å². The molecule has 0 atom stereocenters. The summed E-state index contributed by atoms with van der Waals surface area (Å²) in [5.74, 6) is -1.01. The van der Waals surface area contributed by atoms with Crippen LogP contribution in [0.5, 0.6) is 0 Å². The van der Waals surface area contributed by atoms with Gasteiger partial charge in [-0.05, 0) is 44.9 Å². The molecule has 1 aliphatic heterocycles. The Bertz CT molecular complexity index is 595. The van der Waals surface area contributed by atoms with Crippen molar-refractivity contribution in [1.29, 1.82) is 0 Å². The molecule has 1 heterocycles. The fraction of sp³-hybridized carbons (Fsp3) is 0.556. The van der Waals surface area contributed by atoms with Crippen molar-refractivity contribution in [2.75, 3.05) is 23.4 Å². The molecule has 0 bridgehead atoms. The van der Waals surface area contributed by atoms with Crippen LogP contribution in [0.25, 0.3) is 0 Å². The molecule has 0 saturated carbocycles. The number of hydrazine groups is 1. The zero-order valence-electron chi connectivity index (χ0n) is 14.7. The van der Waals surface area contributed by atoms with Crippen LogP contribution in [-0.2, 0) is 4.79 Å². The lowest BCUT2D eigenvalue weighted by Crippen LogP contribution is -2.49. The van der Waals surface area contributed by atoms with Crippen molar-refractivity contribution in [1.82, 2.24) is 5.01 Å². The number of piperidine rings is 1. The van der Waals surface area contributed by atoms with Crippen molar-refractivity contribution in [2.45, 2.75) is 52.5 Å². The number of hydrogen-bond donors (Lipinski definition) is 2. The normalized spacial score (nSPS) is 15.3. The third-order valence-corrected chi connectivity index (χ3v) is 4.07. The highest BCUT2D eigenvalue weighted by atomic mass is 16.4. The smallest absolute Gasteiger partial charge is 0.335 e. The fourth-order valence-corrected chi connectivity index (χ4v) is 2.94. The van der Waals surface area contributed by atoms with E-state index in [1.54, 1.807) is 23.2 Å². The number of benzene rings is 1. The fourth-order valence-electron chi connectivity index (χ4n) is 2.94. The summed E-state index contributed by atoms with van der Waals surface area (Å²) in [4.78, 5) is 24.0. The Labute approximate surface area is 143 Å². The van der Waals surface area contributed by atoms with Crippen molar-refractivity contribution in [3.8, 4) is 0 Å². The molecule has 1 fully saturated rings. The highest BCUT2D eigenvalue weighted by Crippen LogP contribution is 2.31. The van der Waals surface area contributed by atoms with Crippen LogP contribution in [0.1, 0.15) is 56.8 Å². The van der Waals surface area contributed by atoms with Crippen LogP contribution in [0.3, 0.4) is 0 Å². The van der Waals surface area contributed by atoms with E-state index >= 15 is 0 Å². The number of carboxylic acid groups (broad SMARTS) is 1. The lowest BCUT2D eigenvalue weighted by molar-refractivity contribution is -0.121. The number of anilines is 2. The number of carbonyl (C=O) groups is 2. The van der Waals surface area contributed by atoms with E-state index in [0.717, 1.165) is 38.0 Å². The monoisotopic (exact) mass is 333 g/mol. The zero-order valence-corrected chi connectivity index (χ0v) is 14.7. The molecule has 1 aromatic rings. The minimum absolute atomic E-state index is 0.0220. The summed E-state index contributed by atoms with van der Waals surface area (Å²) in [5.41, 5.74) is 1.59. The quantitative estimate of drug-likeness (QED) is 0.835. The molecule has 2 N–H and O–H groups in total. The standard InChI is InChI=1S/C18H27N3O3/c1-4-17(22)21(20-10-6-5-7-11-20)16-12-14(18(23)24)8-9-15(16)19-13(2)3/h8-9,12-13,19H,4-7,10-11H2,1-3H3,(H,23,24). The summed E-state index contributed by atoms with van der Waals surface area (Å²) in [7, 11) is 0. The third kappa shape index (κ3) is 4.26. The molecule has 1 aromatic carbocycles. The molecule has 1 amide bonds. The highest BCUT2D eigenvalue weighted by molar-refractivity contribution is 5.98. The number of carbonyl (C=O) groups excluding carboxylic acids is 1. The molecular weight excluding hydrogens is 306 g/mol. The van der Waals surface area contributed by atoms with Gasteiger partial charge in [0, 0.05) is 25.6 Å². The molecule has 24 heavy (non-hydrogen) atoms.